The molecule has 55 heavy (non-hydrogen) atoms. The Kier molecular flexibility index (Phi) is 37.1. The van der Waals surface area contributed by atoms with Crippen LogP contribution in [-0.2, 0) is 27.9 Å². The molecule has 1 N–H and O–H groups in total. The van der Waals surface area contributed by atoms with Crippen molar-refractivity contribution in [1.82, 2.24) is 0 Å². The lowest BCUT2D eigenvalue weighted by Crippen LogP contribution is -2.37. The van der Waals surface area contributed by atoms with Gasteiger partial charge in [-0.25, -0.2) is 4.57 Å². The average Bonchev–Trinajstić information content (AvgIpc) is 3.13. The summed E-state index contributed by atoms with van der Waals surface area (Å²) in [5, 5.41) is 0. The van der Waals surface area contributed by atoms with Gasteiger partial charge in [-0.05, 0) is 89.5 Å². The number of nitrogens with zero attached hydrogens (tertiary/aromatic N) is 1. The fourth-order valence-corrected chi connectivity index (χ4v) is 6.13. The van der Waals surface area contributed by atoms with Crippen molar-refractivity contribution in [2.75, 3.05) is 47.5 Å². The maximum absolute atomic E-state index is 12.6. The summed E-state index contributed by atoms with van der Waals surface area (Å²) in [5.74, 6) is -0.395. The number of phosphoric acid groups is 1. The summed E-state index contributed by atoms with van der Waals surface area (Å²) in [6.07, 6.45) is 50.4. The van der Waals surface area contributed by atoms with Gasteiger partial charge in [-0.1, -0.05) is 132 Å². The highest BCUT2D eigenvalue weighted by atomic mass is 31.2. The van der Waals surface area contributed by atoms with Crippen LogP contribution in [0.3, 0.4) is 0 Å². The Balaban J connectivity index is 4.44. The number of ether oxygens (including phenoxy) is 2. The Morgan fingerprint density at radius 1 is 0.582 bits per heavy atom. The lowest BCUT2D eigenvalue weighted by atomic mass is 10.1. The summed E-state index contributed by atoms with van der Waals surface area (Å²) in [4.78, 5) is 22.8. The first kappa shape index (κ1) is 52.8. The lowest BCUT2D eigenvalue weighted by Gasteiger charge is -2.24. The highest BCUT2D eigenvalue weighted by Crippen LogP contribution is 2.43. The molecule has 0 radical (unpaired) electrons. The molecule has 0 bridgehead atoms. The molecule has 0 spiro atoms. The number of likely N-dealkylation sites (N-methyl/N-ethyl adjacent to an activating group) is 1. The molecule has 0 aromatic heterocycles. The summed E-state index contributed by atoms with van der Waals surface area (Å²) in [6, 6.07) is 0. The normalized spacial score (nSPS) is 14.4. The van der Waals surface area contributed by atoms with Crippen LogP contribution in [0.25, 0.3) is 0 Å². The molecule has 318 valence electrons. The molecular weight excluding hydrogens is 709 g/mol. The van der Waals surface area contributed by atoms with E-state index in [1.165, 1.54) is 89.9 Å². The quantitative estimate of drug-likeness (QED) is 0.0165. The molecule has 8 nitrogen and oxygen atoms in total. The molecule has 1 unspecified atom stereocenters. The molecule has 0 heterocycles. The van der Waals surface area contributed by atoms with E-state index in [-0.39, 0.29) is 26.2 Å². The number of hydrogen-bond donors (Lipinski definition) is 1. The summed E-state index contributed by atoms with van der Waals surface area (Å²) in [7, 11) is 1.58. The van der Waals surface area contributed by atoms with Crippen LogP contribution in [0.5, 0.6) is 0 Å². The van der Waals surface area contributed by atoms with Crippen molar-refractivity contribution in [3.8, 4) is 0 Å². The maximum atomic E-state index is 12.6. The molecule has 9 heteroatoms. The van der Waals surface area contributed by atoms with Crippen LogP contribution in [0.1, 0.15) is 162 Å². The van der Waals surface area contributed by atoms with Crippen molar-refractivity contribution in [3.05, 3.63) is 73.1 Å². The molecule has 0 amide bonds. The summed E-state index contributed by atoms with van der Waals surface area (Å²) < 4.78 is 34.6. The van der Waals surface area contributed by atoms with Crippen LogP contribution in [-0.4, -0.2) is 69.0 Å². The summed E-state index contributed by atoms with van der Waals surface area (Å²) in [5.41, 5.74) is 0. The number of allylic oxidation sites excluding steroid dienone is 11. The minimum atomic E-state index is -4.31. The molecule has 2 atom stereocenters. The minimum absolute atomic E-state index is 0.0172. The number of quaternary nitrogens is 1. The van der Waals surface area contributed by atoms with Gasteiger partial charge in [-0.15, -0.1) is 0 Å². The topological polar surface area (TPSA) is 91.3 Å². The Hall–Kier alpha value is -2.22. The van der Waals surface area contributed by atoms with Gasteiger partial charge in [0.1, 0.15) is 19.8 Å². The summed E-state index contributed by atoms with van der Waals surface area (Å²) in [6.45, 7) is 4.80. The Labute approximate surface area is 338 Å². The van der Waals surface area contributed by atoms with Crippen LogP contribution in [0.4, 0.5) is 0 Å². The number of rotatable bonds is 39. The van der Waals surface area contributed by atoms with Gasteiger partial charge in [-0.3, -0.25) is 13.8 Å². The van der Waals surface area contributed by atoms with Crippen LogP contribution in [0.2, 0.25) is 0 Å². The van der Waals surface area contributed by atoms with Gasteiger partial charge in [-0.2, -0.15) is 0 Å². The van der Waals surface area contributed by atoms with Crippen molar-refractivity contribution in [3.63, 3.8) is 0 Å². The van der Waals surface area contributed by atoms with Gasteiger partial charge < -0.3 is 18.9 Å². The van der Waals surface area contributed by atoms with Crippen LogP contribution < -0.4 is 0 Å². The van der Waals surface area contributed by atoms with Gasteiger partial charge in [0.05, 0.1) is 34.0 Å². The maximum Gasteiger partial charge on any atom is 0.472 e. The van der Waals surface area contributed by atoms with E-state index in [2.05, 4.69) is 74.6 Å². The Bertz CT molecular complexity index is 1110. The Morgan fingerprint density at radius 2 is 1.02 bits per heavy atom. The minimum Gasteiger partial charge on any atom is -0.498 e. The van der Waals surface area contributed by atoms with E-state index in [4.69, 9.17) is 18.5 Å². The number of phosphoric ester groups is 1. The molecule has 0 aliphatic rings. The lowest BCUT2D eigenvalue weighted by molar-refractivity contribution is -0.870. The van der Waals surface area contributed by atoms with Crippen molar-refractivity contribution >= 4 is 13.8 Å². The Morgan fingerprint density at radius 3 is 1.56 bits per heavy atom. The highest BCUT2D eigenvalue weighted by Gasteiger charge is 2.26. The SMILES string of the molecule is CCCCC/C=C\C/C=C\C/C=C\C/C=C\CCCC(=O)O[C@H](CO/C=C\CCCCCC/C=C\CCCCCCCC)COP(=O)(O)OCC[N+](C)(C)C. The summed E-state index contributed by atoms with van der Waals surface area (Å²) >= 11 is 0. The number of carbonyl (C=O) groups is 1. The molecule has 0 rings (SSSR count). The van der Waals surface area contributed by atoms with E-state index in [1.807, 2.05) is 27.2 Å². The standard InChI is InChI=1S/C46H82NO7P/c1-6-8-10-12-14-16-18-20-22-24-25-27-29-31-33-35-37-39-46(48)54-45(44-53-55(49,50)52-42-40-47(3,4)5)43-51-41-38-36-34-32-30-28-26-23-21-19-17-15-13-11-9-7-2/h14,16,20-23,25,27,31,33,38,41,45H,6-13,15,17-19,24,26,28-30,32,34-37,39-40,42-44H2,1-5H3/p+1/b16-14-,22-20-,23-21-,27-25-,33-31-,41-38-/t45-/m1/s1. The molecule has 0 saturated heterocycles. The zero-order chi connectivity index (χ0) is 40.6. The number of hydrogen-bond acceptors (Lipinski definition) is 6. The second-order valence-corrected chi connectivity index (χ2v) is 16.9. The monoisotopic (exact) mass is 793 g/mol. The molecule has 0 aliphatic carbocycles. The molecule has 0 fully saturated rings. The number of unbranched alkanes of at least 4 members (excludes halogenated alkanes) is 15. The number of carbonyl (C=O) groups excluding carboxylic acids is 1. The van der Waals surface area contributed by atoms with E-state index in [1.54, 1.807) is 6.26 Å². The van der Waals surface area contributed by atoms with Crippen molar-refractivity contribution in [1.29, 1.82) is 0 Å². The van der Waals surface area contributed by atoms with Gasteiger partial charge in [0.2, 0.25) is 0 Å². The van der Waals surface area contributed by atoms with Crippen molar-refractivity contribution in [2.24, 2.45) is 0 Å². The van der Waals surface area contributed by atoms with Gasteiger partial charge in [0, 0.05) is 6.42 Å². The van der Waals surface area contributed by atoms with Crippen LogP contribution in [0, 0.1) is 0 Å². The van der Waals surface area contributed by atoms with Crippen LogP contribution >= 0.6 is 7.82 Å². The number of esters is 1. The zero-order valence-corrected chi connectivity index (χ0v) is 36.8. The molecule has 0 aromatic rings. The predicted molar refractivity (Wildman–Crippen MR) is 233 cm³/mol. The van der Waals surface area contributed by atoms with Gasteiger partial charge in [0.25, 0.3) is 0 Å². The average molecular weight is 793 g/mol. The van der Waals surface area contributed by atoms with Gasteiger partial charge in [0.15, 0.2) is 6.10 Å². The smallest absolute Gasteiger partial charge is 0.472 e. The van der Waals surface area contributed by atoms with E-state index in [9.17, 15) is 14.3 Å². The first-order chi connectivity index (χ1) is 26.6. The molecule has 0 aromatic carbocycles. The molecule has 0 aliphatic heterocycles. The first-order valence-electron chi connectivity index (χ1n) is 21.7. The van der Waals surface area contributed by atoms with Gasteiger partial charge >= 0.3 is 13.8 Å². The fourth-order valence-electron chi connectivity index (χ4n) is 5.39. The fraction of sp³-hybridized carbons (Fsp3) is 0.717. The van der Waals surface area contributed by atoms with E-state index in [0.717, 1.165) is 44.9 Å². The van der Waals surface area contributed by atoms with Crippen molar-refractivity contribution in [2.45, 2.75) is 168 Å². The highest BCUT2D eigenvalue weighted by molar-refractivity contribution is 7.47. The third kappa shape index (κ3) is 42.8. The largest absolute Gasteiger partial charge is 0.498 e. The second kappa shape index (κ2) is 38.6. The van der Waals surface area contributed by atoms with E-state index in [0.29, 0.717) is 17.4 Å². The van der Waals surface area contributed by atoms with Crippen LogP contribution in [0.15, 0.2) is 73.1 Å². The molecular formula is C46H83NO7P+. The third-order valence-corrected chi connectivity index (χ3v) is 9.79. The third-order valence-electron chi connectivity index (χ3n) is 8.80. The van der Waals surface area contributed by atoms with Crippen molar-refractivity contribution < 1.29 is 37.3 Å². The predicted octanol–water partition coefficient (Wildman–Crippen LogP) is 13.1. The molecule has 0 saturated carbocycles. The zero-order valence-electron chi connectivity index (χ0n) is 35.9. The van der Waals surface area contributed by atoms with E-state index < -0.39 is 19.9 Å². The van der Waals surface area contributed by atoms with E-state index >= 15 is 0 Å². The first-order valence-corrected chi connectivity index (χ1v) is 23.2. The second-order valence-electron chi connectivity index (χ2n) is 15.4.